The molecule has 0 spiro atoms. The normalized spacial score (nSPS) is 10.5. The van der Waals surface area contributed by atoms with E-state index in [9.17, 15) is 9.59 Å². The molecule has 1 aromatic heterocycles. The maximum atomic E-state index is 12.1. The summed E-state index contributed by atoms with van der Waals surface area (Å²) < 4.78 is 0. The minimum atomic E-state index is -0.718. The first-order valence-electron chi connectivity index (χ1n) is 7.16. The summed E-state index contributed by atoms with van der Waals surface area (Å²) in [6.45, 7) is 3.85. The van der Waals surface area contributed by atoms with Crippen molar-refractivity contribution in [3.63, 3.8) is 0 Å². The van der Waals surface area contributed by atoms with E-state index >= 15 is 0 Å². The van der Waals surface area contributed by atoms with Crippen LogP contribution in [0.4, 0.5) is 11.4 Å². The molecular weight excluding hydrogens is 292 g/mol. The molecule has 0 unspecified atom stereocenters. The van der Waals surface area contributed by atoms with Crippen molar-refractivity contribution >= 4 is 34.2 Å². The molecule has 6 heteroatoms. The number of anilines is 2. The van der Waals surface area contributed by atoms with Crippen molar-refractivity contribution in [1.29, 1.82) is 0 Å². The van der Waals surface area contributed by atoms with Gasteiger partial charge in [-0.15, -0.1) is 0 Å². The second kappa shape index (κ2) is 5.92. The van der Waals surface area contributed by atoms with Gasteiger partial charge >= 0.3 is 11.8 Å². The molecule has 3 aromatic rings. The van der Waals surface area contributed by atoms with Crippen molar-refractivity contribution in [2.45, 2.75) is 13.8 Å². The summed E-state index contributed by atoms with van der Waals surface area (Å²) in [5.74, 6) is -1.42. The van der Waals surface area contributed by atoms with Crippen molar-refractivity contribution in [3.8, 4) is 0 Å². The van der Waals surface area contributed by atoms with Crippen molar-refractivity contribution in [3.05, 3.63) is 53.9 Å². The highest BCUT2D eigenvalue weighted by molar-refractivity contribution is 6.43. The fourth-order valence-electron chi connectivity index (χ4n) is 2.27. The second-order valence-corrected chi connectivity index (χ2v) is 5.29. The van der Waals surface area contributed by atoms with Gasteiger partial charge in [0.1, 0.15) is 0 Å². The third-order valence-corrected chi connectivity index (χ3v) is 3.74. The Balaban J connectivity index is 1.72. The molecule has 3 N–H and O–H groups in total. The minimum Gasteiger partial charge on any atom is -0.345 e. The fourth-order valence-corrected chi connectivity index (χ4v) is 2.27. The number of carbonyl (C=O) groups is 2. The third-order valence-electron chi connectivity index (χ3n) is 3.74. The number of hydrogen-bond acceptors (Lipinski definition) is 3. The highest BCUT2D eigenvalue weighted by atomic mass is 16.2. The van der Waals surface area contributed by atoms with E-state index in [1.54, 1.807) is 30.6 Å². The van der Waals surface area contributed by atoms with Crippen LogP contribution < -0.4 is 10.6 Å². The minimum absolute atomic E-state index is 0.530. The maximum absolute atomic E-state index is 12.1. The van der Waals surface area contributed by atoms with E-state index in [0.29, 0.717) is 11.4 Å². The van der Waals surface area contributed by atoms with Crippen LogP contribution in [0.3, 0.4) is 0 Å². The Morgan fingerprint density at radius 3 is 2.65 bits per heavy atom. The summed E-state index contributed by atoms with van der Waals surface area (Å²) in [6, 6.07) is 10.7. The summed E-state index contributed by atoms with van der Waals surface area (Å²) >= 11 is 0. The number of benzene rings is 2. The van der Waals surface area contributed by atoms with Gasteiger partial charge < -0.3 is 15.6 Å². The number of aromatic nitrogens is 2. The van der Waals surface area contributed by atoms with Crippen LogP contribution in [0.2, 0.25) is 0 Å². The molecule has 0 aliphatic heterocycles. The first-order chi connectivity index (χ1) is 11.0. The Morgan fingerprint density at radius 2 is 1.83 bits per heavy atom. The lowest BCUT2D eigenvalue weighted by molar-refractivity contribution is -0.133. The average Bonchev–Trinajstić information content (AvgIpc) is 2.99. The highest BCUT2D eigenvalue weighted by Crippen LogP contribution is 2.18. The number of imidazole rings is 1. The molecule has 0 radical (unpaired) electrons. The smallest absolute Gasteiger partial charge is 0.314 e. The summed E-state index contributed by atoms with van der Waals surface area (Å²) in [7, 11) is 0. The lowest BCUT2D eigenvalue weighted by atomic mass is 10.1. The number of H-pyrrole nitrogens is 1. The molecule has 0 bridgehead atoms. The average molecular weight is 308 g/mol. The quantitative estimate of drug-likeness (QED) is 0.636. The van der Waals surface area contributed by atoms with Crippen LogP contribution >= 0.6 is 0 Å². The second-order valence-electron chi connectivity index (χ2n) is 5.29. The topological polar surface area (TPSA) is 86.9 Å². The molecular formula is C17H16N4O2. The van der Waals surface area contributed by atoms with Crippen molar-refractivity contribution in [1.82, 2.24) is 9.97 Å². The lowest BCUT2D eigenvalue weighted by Gasteiger charge is -2.10. The number of nitrogens with zero attached hydrogens (tertiary/aromatic N) is 1. The SMILES string of the molecule is Cc1cccc(NC(=O)C(=O)Nc2ccc3nc[nH]c3c2)c1C. The molecule has 1 heterocycles. The van der Waals surface area contributed by atoms with Gasteiger partial charge in [0.25, 0.3) is 0 Å². The summed E-state index contributed by atoms with van der Waals surface area (Å²) in [6.07, 6.45) is 1.57. The molecule has 116 valence electrons. The zero-order valence-electron chi connectivity index (χ0n) is 12.8. The number of nitrogens with one attached hydrogen (secondary N) is 3. The van der Waals surface area contributed by atoms with Gasteiger partial charge in [-0.3, -0.25) is 9.59 Å². The van der Waals surface area contributed by atoms with Gasteiger partial charge in [0, 0.05) is 11.4 Å². The van der Waals surface area contributed by atoms with Crippen LogP contribution in [0.15, 0.2) is 42.7 Å². The Morgan fingerprint density at radius 1 is 1.04 bits per heavy atom. The number of fused-ring (bicyclic) bond motifs is 1. The summed E-state index contributed by atoms with van der Waals surface area (Å²) in [5.41, 5.74) is 4.73. The van der Waals surface area contributed by atoms with Crippen LogP contribution in [0, 0.1) is 13.8 Å². The van der Waals surface area contributed by atoms with E-state index in [2.05, 4.69) is 20.6 Å². The monoisotopic (exact) mass is 308 g/mol. The van der Waals surface area contributed by atoms with Crippen molar-refractivity contribution in [2.24, 2.45) is 0 Å². The third kappa shape index (κ3) is 3.06. The van der Waals surface area contributed by atoms with E-state index in [1.807, 2.05) is 26.0 Å². The summed E-state index contributed by atoms with van der Waals surface area (Å²) in [4.78, 5) is 31.1. The molecule has 6 nitrogen and oxygen atoms in total. The predicted octanol–water partition coefficient (Wildman–Crippen LogP) is 2.76. The van der Waals surface area contributed by atoms with Gasteiger partial charge in [-0.25, -0.2) is 4.98 Å². The molecule has 0 saturated heterocycles. The molecule has 2 aromatic carbocycles. The molecule has 0 fully saturated rings. The number of aromatic amines is 1. The number of carbonyl (C=O) groups excluding carboxylic acids is 2. The number of aryl methyl sites for hydroxylation is 1. The maximum Gasteiger partial charge on any atom is 0.314 e. The van der Waals surface area contributed by atoms with Gasteiger partial charge in [-0.2, -0.15) is 0 Å². The largest absolute Gasteiger partial charge is 0.345 e. The van der Waals surface area contributed by atoms with Gasteiger partial charge in [0.15, 0.2) is 0 Å². The number of amides is 2. The molecule has 3 rings (SSSR count). The first kappa shape index (κ1) is 14.8. The predicted molar refractivity (Wildman–Crippen MR) is 89.3 cm³/mol. The van der Waals surface area contributed by atoms with Crippen LogP contribution in [-0.2, 0) is 9.59 Å². The molecule has 0 atom stereocenters. The Labute approximate surface area is 132 Å². The highest BCUT2D eigenvalue weighted by Gasteiger charge is 2.15. The lowest BCUT2D eigenvalue weighted by Crippen LogP contribution is -2.29. The van der Waals surface area contributed by atoms with Crippen LogP contribution in [-0.4, -0.2) is 21.8 Å². The van der Waals surface area contributed by atoms with E-state index in [-0.39, 0.29) is 0 Å². The standard InChI is InChI=1S/C17H16N4O2/c1-10-4-3-5-13(11(10)2)21-17(23)16(22)20-12-6-7-14-15(8-12)19-9-18-14/h3-9H,1-2H3,(H,18,19)(H,20,22)(H,21,23). The van der Waals surface area contributed by atoms with Gasteiger partial charge in [0.05, 0.1) is 17.4 Å². The molecule has 23 heavy (non-hydrogen) atoms. The number of hydrogen-bond donors (Lipinski definition) is 3. The molecule has 2 amide bonds. The fraction of sp³-hybridized carbons (Fsp3) is 0.118. The molecule has 0 saturated carbocycles. The van der Waals surface area contributed by atoms with Crippen molar-refractivity contribution < 1.29 is 9.59 Å². The van der Waals surface area contributed by atoms with Crippen LogP contribution in [0.5, 0.6) is 0 Å². The zero-order chi connectivity index (χ0) is 16.4. The van der Waals surface area contributed by atoms with E-state index in [0.717, 1.165) is 22.2 Å². The zero-order valence-corrected chi connectivity index (χ0v) is 12.8. The van der Waals surface area contributed by atoms with Gasteiger partial charge in [-0.1, -0.05) is 12.1 Å². The van der Waals surface area contributed by atoms with Crippen LogP contribution in [0.25, 0.3) is 11.0 Å². The van der Waals surface area contributed by atoms with E-state index in [1.165, 1.54) is 0 Å². The number of rotatable bonds is 2. The van der Waals surface area contributed by atoms with E-state index < -0.39 is 11.8 Å². The molecule has 0 aliphatic carbocycles. The van der Waals surface area contributed by atoms with Crippen LogP contribution in [0.1, 0.15) is 11.1 Å². The van der Waals surface area contributed by atoms with Crippen molar-refractivity contribution in [2.75, 3.05) is 10.6 Å². The Bertz CT molecular complexity index is 898. The Hall–Kier alpha value is -3.15. The summed E-state index contributed by atoms with van der Waals surface area (Å²) in [5, 5.41) is 5.21. The Kier molecular flexibility index (Phi) is 3.80. The molecule has 0 aliphatic rings. The van der Waals surface area contributed by atoms with Gasteiger partial charge in [-0.05, 0) is 49.2 Å². The van der Waals surface area contributed by atoms with E-state index in [4.69, 9.17) is 0 Å². The van der Waals surface area contributed by atoms with Gasteiger partial charge in [0.2, 0.25) is 0 Å². The first-order valence-corrected chi connectivity index (χ1v) is 7.16.